The fraction of sp³-hybridized carbons (Fsp3) is 0.765. The van der Waals surface area contributed by atoms with E-state index in [1.54, 1.807) is 11.3 Å². The molecule has 0 spiro atoms. The van der Waals surface area contributed by atoms with Gasteiger partial charge in [0.15, 0.2) is 5.96 Å². The first-order valence-electron chi connectivity index (χ1n) is 8.30. The number of guanidine groups is 1. The molecule has 0 amide bonds. The third kappa shape index (κ3) is 4.97. The Hall–Kier alpha value is -1.10. The van der Waals surface area contributed by atoms with Crippen LogP contribution in [-0.2, 0) is 12.0 Å². The fourth-order valence-corrected chi connectivity index (χ4v) is 3.61. The fourth-order valence-electron chi connectivity index (χ4n) is 2.70. The summed E-state index contributed by atoms with van der Waals surface area (Å²) in [4.78, 5) is 9.06. The number of aliphatic imine (C=N–C) groups is 1. The summed E-state index contributed by atoms with van der Waals surface area (Å²) in [5.74, 6) is 1.77. The maximum absolute atomic E-state index is 4.72. The molecular formula is C17H30N4S. The van der Waals surface area contributed by atoms with Crippen LogP contribution >= 0.6 is 11.3 Å². The Balaban J connectivity index is 1.82. The van der Waals surface area contributed by atoms with Gasteiger partial charge in [-0.15, -0.1) is 11.3 Å². The molecule has 0 saturated heterocycles. The molecule has 0 atom stereocenters. The molecule has 0 unspecified atom stereocenters. The second kappa shape index (κ2) is 7.44. The van der Waals surface area contributed by atoms with Crippen molar-refractivity contribution in [2.75, 3.05) is 7.05 Å². The Morgan fingerprint density at radius 3 is 2.55 bits per heavy atom. The van der Waals surface area contributed by atoms with Crippen LogP contribution in [0.2, 0.25) is 0 Å². The molecular weight excluding hydrogens is 292 g/mol. The van der Waals surface area contributed by atoms with Crippen LogP contribution < -0.4 is 10.6 Å². The number of hydrogen-bond acceptors (Lipinski definition) is 3. The Labute approximate surface area is 138 Å². The van der Waals surface area contributed by atoms with Crippen molar-refractivity contribution in [2.24, 2.45) is 10.9 Å². The van der Waals surface area contributed by atoms with E-state index in [1.807, 2.05) is 7.05 Å². The van der Waals surface area contributed by atoms with Crippen molar-refractivity contribution in [1.82, 2.24) is 15.6 Å². The highest BCUT2D eigenvalue weighted by atomic mass is 32.1. The SMILES string of the molecule is CN=C(NCc1csc(C(C)(C)C)n1)NC1CCC(C)CC1. The van der Waals surface area contributed by atoms with Crippen molar-refractivity contribution >= 4 is 17.3 Å². The lowest BCUT2D eigenvalue weighted by Crippen LogP contribution is -2.44. The molecule has 2 N–H and O–H groups in total. The van der Waals surface area contributed by atoms with Gasteiger partial charge in [-0.25, -0.2) is 4.98 Å². The Kier molecular flexibility index (Phi) is 5.84. The zero-order valence-corrected chi connectivity index (χ0v) is 15.4. The second-order valence-electron chi connectivity index (χ2n) is 7.42. The van der Waals surface area contributed by atoms with Crippen LogP contribution in [0.15, 0.2) is 10.4 Å². The van der Waals surface area contributed by atoms with Crippen LogP contribution in [0.5, 0.6) is 0 Å². The standard InChI is InChI=1S/C17H30N4S/c1-12-6-8-13(9-7-12)21-16(18-5)19-10-14-11-22-15(20-14)17(2,3)4/h11-13H,6-10H2,1-5H3,(H2,18,19,21). The van der Waals surface area contributed by atoms with Gasteiger partial charge >= 0.3 is 0 Å². The molecule has 1 fully saturated rings. The van der Waals surface area contributed by atoms with E-state index in [9.17, 15) is 0 Å². The largest absolute Gasteiger partial charge is 0.354 e. The first-order valence-corrected chi connectivity index (χ1v) is 9.18. The van der Waals surface area contributed by atoms with Gasteiger partial charge in [-0.1, -0.05) is 27.7 Å². The minimum Gasteiger partial charge on any atom is -0.354 e. The predicted octanol–water partition coefficient (Wildman–Crippen LogP) is 3.68. The van der Waals surface area contributed by atoms with E-state index in [0.29, 0.717) is 6.04 Å². The summed E-state index contributed by atoms with van der Waals surface area (Å²) < 4.78 is 0. The van der Waals surface area contributed by atoms with Crippen LogP contribution in [0.25, 0.3) is 0 Å². The van der Waals surface area contributed by atoms with Crippen molar-refractivity contribution in [3.63, 3.8) is 0 Å². The van der Waals surface area contributed by atoms with Gasteiger partial charge in [-0.2, -0.15) is 0 Å². The molecule has 1 aliphatic rings. The monoisotopic (exact) mass is 322 g/mol. The van der Waals surface area contributed by atoms with E-state index in [4.69, 9.17) is 4.98 Å². The van der Waals surface area contributed by atoms with E-state index in [0.717, 1.165) is 24.1 Å². The number of thiazole rings is 1. The summed E-state index contributed by atoms with van der Waals surface area (Å²) in [7, 11) is 1.84. The van der Waals surface area contributed by atoms with Gasteiger partial charge in [-0.3, -0.25) is 4.99 Å². The van der Waals surface area contributed by atoms with Gasteiger partial charge in [0.2, 0.25) is 0 Å². The average molecular weight is 323 g/mol. The quantitative estimate of drug-likeness (QED) is 0.659. The Morgan fingerprint density at radius 2 is 2.00 bits per heavy atom. The third-order valence-corrected chi connectivity index (χ3v) is 5.53. The highest BCUT2D eigenvalue weighted by Crippen LogP contribution is 2.25. The molecule has 1 heterocycles. The van der Waals surface area contributed by atoms with E-state index in [2.05, 4.69) is 48.7 Å². The summed E-state index contributed by atoms with van der Waals surface area (Å²) >= 11 is 1.74. The molecule has 0 aliphatic heterocycles. The molecule has 22 heavy (non-hydrogen) atoms. The normalized spacial score (nSPS) is 23.4. The third-order valence-electron chi connectivity index (χ3n) is 4.21. The second-order valence-corrected chi connectivity index (χ2v) is 8.28. The molecule has 4 nitrogen and oxygen atoms in total. The lowest BCUT2D eigenvalue weighted by molar-refractivity contribution is 0.329. The van der Waals surface area contributed by atoms with Crippen molar-refractivity contribution < 1.29 is 0 Å². The highest BCUT2D eigenvalue weighted by Gasteiger charge is 2.20. The minimum atomic E-state index is 0.127. The molecule has 0 aromatic carbocycles. The van der Waals surface area contributed by atoms with Crippen LogP contribution in [-0.4, -0.2) is 24.0 Å². The molecule has 1 aliphatic carbocycles. The number of aromatic nitrogens is 1. The van der Waals surface area contributed by atoms with Crippen LogP contribution in [0.3, 0.4) is 0 Å². The molecule has 124 valence electrons. The summed E-state index contributed by atoms with van der Waals surface area (Å²) in [6.45, 7) is 9.68. The van der Waals surface area contributed by atoms with Crippen LogP contribution in [0.1, 0.15) is 64.1 Å². The topological polar surface area (TPSA) is 49.3 Å². The molecule has 1 aromatic heterocycles. The van der Waals surface area contributed by atoms with Crippen LogP contribution in [0, 0.1) is 5.92 Å². The maximum atomic E-state index is 4.72. The zero-order chi connectivity index (χ0) is 16.2. The van der Waals surface area contributed by atoms with E-state index >= 15 is 0 Å². The molecule has 1 saturated carbocycles. The number of hydrogen-bond donors (Lipinski definition) is 2. The lowest BCUT2D eigenvalue weighted by atomic mass is 9.87. The molecule has 0 bridgehead atoms. The van der Waals surface area contributed by atoms with E-state index in [-0.39, 0.29) is 5.41 Å². The van der Waals surface area contributed by atoms with Crippen molar-refractivity contribution in [2.45, 2.75) is 71.4 Å². The number of nitrogens with one attached hydrogen (secondary N) is 2. The molecule has 2 rings (SSSR count). The lowest BCUT2D eigenvalue weighted by Gasteiger charge is -2.28. The molecule has 5 heteroatoms. The van der Waals surface area contributed by atoms with Crippen molar-refractivity contribution in [3.05, 3.63) is 16.1 Å². The average Bonchev–Trinajstić information content (AvgIpc) is 2.94. The predicted molar refractivity (Wildman–Crippen MR) is 95.6 cm³/mol. The van der Waals surface area contributed by atoms with Gasteiger partial charge < -0.3 is 10.6 Å². The van der Waals surface area contributed by atoms with Crippen molar-refractivity contribution in [1.29, 1.82) is 0 Å². The molecule has 0 radical (unpaired) electrons. The minimum absolute atomic E-state index is 0.127. The first-order chi connectivity index (χ1) is 10.4. The van der Waals surface area contributed by atoms with Gasteiger partial charge in [0.05, 0.1) is 17.2 Å². The maximum Gasteiger partial charge on any atom is 0.191 e. The van der Waals surface area contributed by atoms with Gasteiger partial charge in [-0.05, 0) is 31.6 Å². The van der Waals surface area contributed by atoms with Gasteiger partial charge in [0, 0.05) is 23.9 Å². The molecule has 1 aromatic rings. The summed E-state index contributed by atoms with van der Waals surface area (Å²) in [6.07, 6.45) is 5.12. The van der Waals surface area contributed by atoms with Crippen molar-refractivity contribution in [3.8, 4) is 0 Å². The van der Waals surface area contributed by atoms with E-state index < -0.39 is 0 Å². The Bertz CT molecular complexity index is 493. The van der Waals surface area contributed by atoms with E-state index in [1.165, 1.54) is 30.7 Å². The summed E-state index contributed by atoms with van der Waals surface area (Å²) in [5, 5.41) is 10.3. The highest BCUT2D eigenvalue weighted by molar-refractivity contribution is 7.09. The summed E-state index contributed by atoms with van der Waals surface area (Å²) in [5.41, 5.74) is 1.22. The first kappa shape index (κ1) is 17.3. The van der Waals surface area contributed by atoms with Gasteiger partial charge in [0.1, 0.15) is 0 Å². The summed E-state index contributed by atoms with van der Waals surface area (Å²) in [6, 6.07) is 0.558. The van der Waals surface area contributed by atoms with Crippen LogP contribution in [0.4, 0.5) is 0 Å². The Morgan fingerprint density at radius 1 is 1.32 bits per heavy atom. The smallest absolute Gasteiger partial charge is 0.191 e. The number of rotatable bonds is 3. The van der Waals surface area contributed by atoms with Gasteiger partial charge in [0.25, 0.3) is 0 Å². The number of nitrogens with zero attached hydrogens (tertiary/aromatic N) is 2. The zero-order valence-electron chi connectivity index (χ0n) is 14.6.